The third-order valence-corrected chi connectivity index (χ3v) is 4.19. The first-order valence-corrected chi connectivity index (χ1v) is 7.37. The normalized spacial score (nSPS) is 10.7. The van der Waals surface area contributed by atoms with Gasteiger partial charge in [0, 0.05) is 15.1 Å². The van der Waals surface area contributed by atoms with E-state index in [0.29, 0.717) is 23.3 Å². The number of anilines is 1. The van der Waals surface area contributed by atoms with Crippen molar-refractivity contribution in [3.8, 4) is 0 Å². The summed E-state index contributed by atoms with van der Waals surface area (Å²) in [5.41, 5.74) is 0.952. The second-order valence-corrected chi connectivity index (χ2v) is 6.12. The lowest BCUT2D eigenvalue weighted by Gasteiger charge is -2.08. The Morgan fingerprint density at radius 2 is 2.10 bits per heavy atom. The zero-order valence-corrected chi connectivity index (χ0v) is 12.3. The van der Waals surface area contributed by atoms with E-state index < -0.39 is 5.97 Å². The minimum absolute atomic E-state index is 0.269. The van der Waals surface area contributed by atoms with E-state index in [1.165, 1.54) is 9.75 Å². The van der Waals surface area contributed by atoms with Gasteiger partial charge in [-0.05, 0) is 31.2 Å². The SMILES string of the molecule is Cc1ccc(CNc2cc(C(=O)O)c3ccccc3n2)s1. The lowest BCUT2D eigenvalue weighted by molar-refractivity contribution is 0.0699. The molecule has 5 heteroatoms. The number of aromatic nitrogens is 1. The largest absolute Gasteiger partial charge is 0.478 e. The molecule has 106 valence electrons. The summed E-state index contributed by atoms with van der Waals surface area (Å²) in [7, 11) is 0. The first-order valence-electron chi connectivity index (χ1n) is 6.56. The van der Waals surface area contributed by atoms with Crippen LogP contribution < -0.4 is 5.32 Å². The van der Waals surface area contributed by atoms with Crippen LogP contribution >= 0.6 is 11.3 Å². The highest BCUT2D eigenvalue weighted by atomic mass is 32.1. The van der Waals surface area contributed by atoms with Crippen LogP contribution in [0.3, 0.4) is 0 Å². The Balaban J connectivity index is 1.93. The highest BCUT2D eigenvalue weighted by molar-refractivity contribution is 7.11. The van der Waals surface area contributed by atoms with Gasteiger partial charge < -0.3 is 10.4 Å². The molecule has 0 atom stereocenters. The Kier molecular flexibility index (Phi) is 3.58. The van der Waals surface area contributed by atoms with Crippen LogP contribution in [0.2, 0.25) is 0 Å². The third-order valence-electron chi connectivity index (χ3n) is 3.19. The summed E-state index contributed by atoms with van der Waals surface area (Å²) in [4.78, 5) is 18.3. The summed E-state index contributed by atoms with van der Waals surface area (Å²) >= 11 is 1.71. The van der Waals surface area contributed by atoms with Crippen LogP contribution in [-0.2, 0) is 6.54 Å². The number of para-hydroxylation sites is 1. The summed E-state index contributed by atoms with van der Waals surface area (Å²) in [6.45, 7) is 2.70. The zero-order chi connectivity index (χ0) is 14.8. The highest BCUT2D eigenvalue weighted by Gasteiger charge is 2.11. The number of rotatable bonds is 4. The van der Waals surface area contributed by atoms with Crippen LogP contribution in [0.25, 0.3) is 10.9 Å². The molecule has 0 saturated carbocycles. The summed E-state index contributed by atoms with van der Waals surface area (Å²) in [6.07, 6.45) is 0. The molecule has 3 rings (SSSR count). The number of hydrogen-bond acceptors (Lipinski definition) is 4. The Labute approximate surface area is 126 Å². The van der Waals surface area contributed by atoms with Crippen molar-refractivity contribution in [2.75, 3.05) is 5.32 Å². The van der Waals surface area contributed by atoms with Crippen molar-refractivity contribution in [2.24, 2.45) is 0 Å². The van der Waals surface area contributed by atoms with Gasteiger partial charge in [0.15, 0.2) is 0 Å². The maximum Gasteiger partial charge on any atom is 0.336 e. The van der Waals surface area contributed by atoms with Gasteiger partial charge in [-0.15, -0.1) is 11.3 Å². The number of hydrogen-bond donors (Lipinski definition) is 2. The number of carboxylic acid groups (broad SMARTS) is 1. The number of thiophene rings is 1. The molecule has 0 aliphatic carbocycles. The van der Waals surface area contributed by atoms with E-state index in [4.69, 9.17) is 0 Å². The van der Waals surface area contributed by atoms with Crippen molar-refractivity contribution in [3.63, 3.8) is 0 Å². The molecule has 0 bridgehead atoms. The molecule has 1 aromatic carbocycles. The molecule has 0 aliphatic rings. The fourth-order valence-electron chi connectivity index (χ4n) is 2.20. The fourth-order valence-corrected chi connectivity index (χ4v) is 3.03. The van der Waals surface area contributed by atoms with Crippen LogP contribution in [-0.4, -0.2) is 16.1 Å². The lowest BCUT2D eigenvalue weighted by atomic mass is 10.1. The molecule has 0 unspecified atom stereocenters. The van der Waals surface area contributed by atoms with Crippen LogP contribution in [0.15, 0.2) is 42.5 Å². The van der Waals surface area contributed by atoms with Crippen molar-refractivity contribution in [1.29, 1.82) is 0 Å². The number of carbonyl (C=O) groups is 1. The summed E-state index contributed by atoms with van der Waals surface area (Å²) < 4.78 is 0. The molecule has 0 amide bonds. The molecule has 0 spiro atoms. The third kappa shape index (κ3) is 2.87. The van der Waals surface area contributed by atoms with Gasteiger partial charge >= 0.3 is 5.97 Å². The van der Waals surface area contributed by atoms with Gasteiger partial charge in [-0.2, -0.15) is 0 Å². The van der Waals surface area contributed by atoms with Crippen molar-refractivity contribution < 1.29 is 9.90 Å². The van der Waals surface area contributed by atoms with Crippen molar-refractivity contribution in [3.05, 3.63) is 57.8 Å². The minimum atomic E-state index is -0.941. The van der Waals surface area contributed by atoms with E-state index in [1.807, 2.05) is 18.2 Å². The molecular weight excluding hydrogens is 284 g/mol. The van der Waals surface area contributed by atoms with Gasteiger partial charge in [0.1, 0.15) is 5.82 Å². The van der Waals surface area contributed by atoms with Crippen LogP contribution in [0.5, 0.6) is 0 Å². The number of fused-ring (bicyclic) bond motifs is 1. The Morgan fingerprint density at radius 1 is 1.29 bits per heavy atom. The van der Waals surface area contributed by atoms with Gasteiger partial charge in [0.2, 0.25) is 0 Å². The molecule has 0 saturated heterocycles. The quantitative estimate of drug-likeness (QED) is 0.766. The standard InChI is InChI=1S/C16H14N2O2S/c1-10-6-7-11(21-10)9-17-15-8-13(16(19)20)12-4-2-3-5-14(12)18-15/h2-8H,9H2,1H3,(H,17,18)(H,19,20). The Morgan fingerprint density at radius 3 is 2.81 bits per heavy atom. The molecular formula is C16H14N2O2S. The monoisotopic (exact) mass is 298 g/mol. The average Bonchev–Trinajstić information content (AvgIpc) is 2.89. The molecule has 2 N–H and O–H groups in total. The summed E-state index contributed by atoms with van der Waals surface area (Å²) in [5, 5.41) is 13.2. The van der Waals surface area contributed by atoms with E-state index in [2.05, 4.69) is 29.4 Å². The first-order chi connectivity index (χ1) is 10.1. The van der Waals surface area contributed by atoms with E-state index in [-0.39, 0.29) is 5.56 Å². The van der Waals surface area contributed by atoms with E-state index in [9.17, 15) is 9.90 Å². The van der Waals surface area contributed by atoms with E-state index in [1.54, 1.807) is 23.5 Å². The smallest absolute Gasteiger partial charge is 0.336 e. The van der Waals surface area contributed by atoms with Crippen molar-refractivity contribution >= 4 is 34.0 Å². The molecule has 21 heavy (non-hydrogen) atoms. The second-order valence-electron chi connectivity index (χ2n) is 4.74. The van der Waals surface area contributed by atoms with Gasteiger partial charge in [0.25, 0.3) is 0 Å². The molecule has 4 nitrogen and oxygen atoms in total. The van der Waals surface area contributed by atoms with Gasteiger partial charge in [-0.25, -0.2) is 9.78 Å². The average molecular weight is 298 g/mol. The number of nitrogens with zero attached hydrogens (tertiary/aromatic N) is 1. The number of aromatic carboxylic acids is 1. The first kappa shape index (κ1) is 13.6. The maximum absolute atomic E-state index is 11.4. The fraction of sp³-hybridized carbons (Fsp3) is 0.125. The van der Waals surface area contributed by atoms with Crippen LogP contribution in [0.1, 0.15) is 20.1 Å². The summed E-state index contributed by atoms with van der Waals surface area (Å²) in [5.74, 6) is -0.360. The van der Waals surface area contributed by atoms with Crippen LogP contribution in [0.4, 0.5) is 5.82 Å². The summed E-state index contributed by atoms with van der Waals surface area (Å²) in [6, 6.07) is 13.0. The van der Waals surface area contributed by atoms with Crippen LogP contribution in [0, 0.1) is 6.92 Å². The number of aryl methyl sites for hydroxylation is 1. The lowest BCUT2D eigenvalue weighted by Crippen LogP contribution is -2.04. The molecule has 3 aromatic rings. The predicted molar refractivity (Wildman–Crippen MR) is 85.1 cm³/mol. The van der Waals surface area contributed by atoms with E-state index in [0.717, 1.165) is 0 Å². The second kappa shape index (κ2) is 5.54. The van der Waals surface area contributed by atoms with Gasteiger partial charge in [-0.3, -0.25) is 0 Å². The zero-order valence-electron chi connectivity index (χ0n) is 11.5. The van der Waals surface area contributed by atoms with Gasteiger partial charge in [-0.1, -0.05) is 18.2 Å². The van der Waals surface area contributed by atoms with E-state index >= 15 is 0 Å². The number of carboxylic acids is 1. The Hall–Kier alpha value is -2.40. The Bertz CT molecular complexity index is 811. The molecule has 0 radical (unpaired) electrons. The number of nitrogens with one attached hydrogen (secondary N) is 1. The maximum atomic E-state index is 11.4. The van der Waals surface area contributed by atoms with Gasteiger partial charge in [0.05, 0.1) is 17.6 Å². The molecule has 0 aliphatic heterocycles. The number of benzene rings is 1. The topological polar surface area (TPSA) is 62.2 Å². The predicted octanol–water partition coefficient (Wildman–Crippen LogP) is 3.92. The molecule has 0 fully saturated rings. The van der Waals surface area contributed by atoms with Crippen molar-refractivity contribution in [2.45, 2.75) is 13.5 Å². The minimum Gasteiger partial charge on any atom is -0.478 e. The highest BCUT2D eigenvalue weighted by Crippen LogP contribution is 2.22. The molecule has 2 heterocycles. The number of pyridine rings is 1. The molecule has 2 aromatic heterocycles. The van der Waals surface area contributed by atoms with Crippen molar-refractivity contribution in [1.82, 2.24) is 4.98 Å².